The molecule has 1 aliphatic rings. The number of aromatic nitrogens is 1. The van der Waals surface area contributed by atoms with E-state index in [1.54, 1.807) is 17.0 Å². The van der Waals surface area contributed by atoms with E-state index in [9.17, 15) is 14.4 Å². The van der Waals surface area contributed by atoms with Crippen LogP contribution in [0.2, 0.25) is 0 Å². The summed E-state index contributed by atoms with van der Waals surface area (Å²) in [5.41, 5.74) is 1.28. The van der Waals surface area contributed by atoms with E-state index in [0.717, 1.165) is 5.52 Å². The molecule has 0 unspecified atom stereocenters. The molecule has 1 aliphatic heterocycles. The lowest BCUT2D eigenvalue weighted by atomic mass is 10.2. The number of piperazine rings is 1. The zero-order valence-corrected chi connectivity index (χ0v) is 12.1. The fraction of sp³-hybridized carbons (Fsp3) is 0.400. The summed E-state index contributed by atoms with van der Waals surface area (Å²) in [5.74, 6) is -0.599. The van der Waals surface area contributed by atoms with Crippen LogP contribution in [-0.2, 0) is 16.1 Å². The first-order valence-corrected chi connectivity index (χ1v) is 7.28. The van der Waals surface area contributed by atoms with Crippen LogP contribution in [0.25, 0.3) is 11.1 Å². The van der Waals surface area contributed by atoms with Crippen LogP contribution in [0.1, 0.15) is 12.8 Å². The van der Waals surface area contributed by atoms with E-state index in [-0.39, 0.29) is 18.4 Å². The molecule has 1 fully saturated rings. The van der Waals surface area contributed by atoms with Crippen molar-refractivity contribution in [3.8, 4) is 0 Å². The van der Waals surface area contributed by atoms with E-state index in [0.29, 0.717) is 38.1 Å². The smallest absolute Gasteiger partial charge is 0.408 e. The van der Waals surface area contributed by atoms with Crippen molar-refractivity contribution in [3.63, 3.8) is 0 Å². The summed E-state index contributed by atoms with van der Waals surface area (Å²) in [4.78, 5) is 36.7. The summed E-state index contributed by atoms with van der Waals surface area (Å²) < 4.78 is 6.68. The second-order valence-corrected chi connectivity index (χ2v) is 5.26. The summed E-state index contributed by atoms with van der Waals surface area (Å²) in [5, 5.41) is 2.68. The van der Waals surface area contributed by atoms with Gasteiger partial charge in [-0.25, -0.2) is 4.79 Å². The summed E-state index contributed by atoms with van der Waals surface area (Å²) >= 11 is 0. The lowest BCUT2D eigenvalue weighted by Gasteiger charge is -2.26. The molecule has 1 saturated heterocycles. The molecule has 1 aromatic heterocycles. The molecule has 1 N–H and O–H groups in total. The van der Waals surface area contributed by atoms with Crippen molar-refractivity contribution in [2.24, 2.45) is 0 Å². The van der Waals surface area contributed by atoms with Gasteiger partial charge in [0.05, 0.1) is 12.1 Å². The predicted molar refractivity (Wildman–Crippen MR) is 79.3 cm³/mol. The molecule has 0 atom stereocenters. The highest BCUT2D eigenvalue weighted by Crippen LogP contribution is 2.12. The average Bonchev–Trinajstić information content (AvgIpc) is 2.83. The molecular weight excluding hydrogens is 286 g/mol. The Labute approximate surface area is 126 Å². The van der Waals surface area contributed by atoms with E-state index >= 15 is 0 Å². The number of hydrogen-bond acceptors (Lipinski definition) is 4. The molecule has 22 heavy (non-hydrogen) atoms. The predicted octanol–water partition coefficient (Wildman–Crippen LogP) is 0.333. The van der Waals surface area contributed by atoms with Crippen molar-refractivity contribution in [2.45, 2.75) is 19.4 Å². The molecule has 0 radical (unpaired) electrons. The number of carbonyl (C=O) groups is 2. The van der Waals surface area contributed by atoms with Crippen LogP contribution in [0.3, 0.4) is 0 Å². The second kappa shape index (κ2) is 6.05. The van der Waals surface area contributed by atoms with Gasteiger partial charge in [0, 0.05) is 26.1 Å². The number of oxazole rings is 1. The van der Waals surface area contributed by atoms with Gasteiger partial charge in [0.2, 0.25) is 11.8 Å². The summed E-state index contributed by atoms with van der Waals surface area (Å²) in [7, 11) is 0. The van der Waals surface area contributed by atoms with Crippen LogP contribution in [-0.4, -0.2) is 40.9 Å². The highest BCUT2D eigenvalue weighted by atomic mass is 16.4. The van der Waals surface area contributed by atoms with Crippen molar-refractivity contribution in [3.05, 3.63) is 34.8 Å². The maximum absolute atomic E-state index is 12.1. The standard InChI is InChI=1S/C15H17N3O4/c19-13-10-17(9-7-16-13)14(20)6-3-8-18-11-4-1-2-5-12(11)22-15(18)21/h1-2,4-5H,3,6-10H2,(H,16,19). The minimum absolute atomic E-state index is 0.0595. The first-order chi connectivity index (χ1) is 10.6. The molecule has 0 aliphatic carbocycles. The lowest BCUT2D eigenvalue weighted by Crippen LogP contribution is -2.49. The van der Waals surface area contributed by atoms with Crippen LogP contribution < -0.4 is 11.1 Å². The lowest BCUT2D eigenvalue weighted by molar-refractivity contribution is -0.138. The zero-order chi connectivity index (χ0) is 15.5. The maximum atomic E-state index is 12.1. The van der Waals surface area contributed by atoms with Gasteiger partial charge >= 0.3 is 5.76 Å². The van der Waals surface area contributed by atoms with Gasteiger partial charge in [-0.05, 0) is 18.6 Å². The first kappa shape index (κ1) is 14.4. The Morgan fingerprint density at radius 1 is 1.27 bits per heavy atom. The molecule has 0 bridgehead atoms. The monoisotopic (exact) mass is 303 g/mol. The number of rotatable bonds is 4. The Morgan fingerprint density at radius 2 is 2.09 bits per heavy atom. The number of para-hydroxylation sites is 2. The van der Waals surface area contributed by atoms with Gasteiger partial charge in [0.25, 0.3) is 0 Å². The average molecular weight is 303 g/mol. The SMILES string of the molecule is O=C1CN(C(=O)CCCn2c(=O)oc3ccccc32)CCN1. The Kier molecular flexibility index (Phi) is 3.95. The van der Waals surface area contributed by atoms with E-state index in [1.807, 2.05) is 12.1 Å². The number of hydrogen-bond donors (Lipinski definition) is 1. The van der Waals surface area contributed by atoms with Crippen LogP contribution in [0.4, 0.5) is 0 Å². The minimum atomic E-state index is -0.411. The van der Waals surface area contributed by atoms with Gasteiger partial charge in [-0.1, -0.05) is 12.1 Å². The Morgan fingerprint density at radius 3 is 2.91 bits per heavy atom. The number of nitrogens with zero attached hydrogens (tertiary/aromatic N) is 2. The molecule has 1 aromatic carbocycles. The third-order valence-electron chi connectivity index (χ3n) is 3.74. The van der Waals surface area contributed by atoms with Crippen molar-refractivity contribution in [2.75, 3.05) is 19.6 Å². The van der Waals surface area contributed by atoms with E-state index in [4.69, 9.17) is 4.42 Å². The molecule has 0 spiro atoms. The molecule has 2 amide bonds. The Balaban J connectivity index is 1.60. The van der Waals surface area contributed by atoms with Crippen molar-refractivity contribution < 1.29 is 14.0 Å². The topological polar surface area (TPSA) is 84.6 Å². The van der Waals surface area contributed by atoms with Gasteiger partial charge in [-0.3, -0.25) is 14.2 Å². The Bertz CT molecular complexity index is 761. The highest BCUT2D eigenvalue weighted by molar-refractivity contribution is 5.85. The fourth-order valence-electron chi connectivity index (χ4n) is 2.62. The van der Waals surface area contributed by atoms with Crippen LogP contribution >= 0.6 is 0 Å². The van der Waals surface area contributed by atoms with Gasteiger partial charge < -0.3 is 14.6 Å². The third kappa shape index (κ3) is 2.88. The molecule has 2 heterocycles. The Hall–Kier alpha value is -2.57. The van der Waals surface area contributed by atoms with Crippen molar-refractivity contribution in [1.82, 2.24) is 14.8 Å². The highest BCUT2D eigenvalue weighted by Gasteiger charge is 2.20. The summed E-state index contributed by atoms with van der Waals surface area (Å²) in [6, 6.07) is 7.20. The van der Waals surface area contributed by atoms with Crippen molar-refractivity contribution >= 4 is 22.9 Å². The largest absolute Gasteiger partial charge is 0.419 e. The van der Waals surface area contributed by atoms with Crippen LogP contribution in [0, 0.1) is 0 Å². The van der Waals surface area contributed by atoms with Crippen molar-refractivity contribution in [1.29, 1.82) is 0 Å². The molecular formula is C15H17N3O4. The first-order valence-electron chi connectivity index (χ1n) is 7.28. The second-order valence-electron chi connectivity index (χ2n) is 5.26. The number of benzene rings is 1. The number of nitrogens with one attached hydrogen (secondary N) is 1. The quantitative estimate of drug-likeness (QED) is 0.882. The van der Waals surface area contributed by atoms with E-state index in [1.165, 1.54) is 4.57 Å². The number of amides is 2. The van der Waals surface area contributed by atoms with Crippen LogP contribution in [0.5, 0.6) is 0 Å². The number of aryl methyl sites for hydroxylation is 1. The molecule has 2 aromatic rings. The van der Waals surface area contributed by atoms with E-state index < -0.39 is 5.76 Å². The van der Waals surface area contributed by atoms with Gasteiger partial charge in [-0.15, -0.1) is 0 Å². The van der Waals surface area contributed by atoms with Crippen LogP contribution in [0.15, 0.2) is 33.5 Å². The van der Waals surface area contributed by atoms with Gasteiger partial charge in [0.15, 0.2) is 5.58 Å². The fourth-order valence-corrected chi connectivity index (χ4v) is 2.62. The number of carbonyl (C=O) groups excluding carboxylic acids is 2. The number of fused-ring (bicyclic) bond motifs is 1. The molecule has 3 rings (SSSR count). The normalized spacial score (nSPS) is 15.1. The maximum Gasteiger partial charge on any atom is 0.419 e. The summed E-state index contributed by atoms with van der Waals surface area (Å²) in [6.45, 7) is 1.57. The third-order valence-corrected chi connectivity index (χ3v) is 3.74. The van der Waals surface area contributed by atoms with E-state index in [2.05, 4.69) is 5.32 Å². The zero-order valence-electron chi connectivity index (χ0n) is 12.1. The minimum Gasteiger partial charge on any atom is -0.408 e. The molecule has 0 saturated carbocycles. The molecule has 7 heteroatoms. The van der Waals surface area contributed by atoms with Gasteiger partial charge in [0.1, 0.15) is 0 Å². The molecule has 116 valence electrons. The summed E-state index contributed by atoms with van der Waals surface area (Å²) in [6.07, 6.45) is 0.833. The van der Waals surface area contributed by atoms with Gasteiger partial charge in [-0.2, -0.15) is 0 Å². The molecule has 7 nitrogen and oxygen atoms in total.